The van der Waals surface area contributed by atoms with Crippen LogP contribution in [0, 0.1) is 0 Å². The van der Waals surface area contributed by atoms with E-state index in [0.717, 1.165) is 0 Å². The van der Waals surface area contributed by atoms with Crippen LogP contribution in [0.5, 0.6) is 17.2 Å². The van der Waals surface area contributed by atoms with E-state index in [0.29, 0.717) is 37.1 Å². The highest BCUT2D eigenvalue weighted by Gasteiger charge is 2.18. The molecule has 0 unspecified atom stereocenters. The Balaban J connectivity index is 3.27. The predicted molar refractivity (Wildman–Crippen MR) is 77.0 cm³/mol. The first-order chi connectivity index (χ1) is 10.0. The maximum Gasteiger partial charge on any atom is 0.319 e. The van der Waals surface area contributed by atoms with Crippen molar-refractivity contribution in [3.05, 3.63) is 17.7 Å². The molecular formula is C14H20N2O5. The van der Waals surface area contributed by atoms with Gasteiger partial charge in [-0.15, -0.1) is 0 Å². The monoisotopic (exact) mass is 296 g/mol. The van der Waals surface area contributed by atoms with Crippen molar-refractivity contribution in [2.75, 3.05) is 19.8 Å². The van der Waals surface area contributed by atoms with Gasteiger partial charge in [-0.1, -0.05) is 0 Å². The number of hydrogen-bond donors (Lipinski definition) is 2. The second kappa shape index (κ2) is 7.98. The maximum absolute atomic E-state index is 11.9. The van der Waals surface area contributed by atoms with Crippen LogP contribution in [0.4, 0.5) is 4.79 Å². The quantitative estimate of drug-likeness (QED) is 0.797. The molecule has 0 aromatic heterocycles. The third-order valence-electron chi connectivity index (χ3n) is 2.41. The van der Waals surface area contributed by atoms with Crippen LogP contribution in [0.2, 0.25) is 0 Å². The normalized spacial score (nSPS) is 9.86. The van der Waals surface area contributed by atoms with Crippen molar-refractivity contribution in [3.63, 3.8) is 0 Å². The number of primary amides is 1. The van der Waals surface area contributed by atoms with Gasteiger partial charge in [0, 0.05) is 5.56 Å². The minimum atomic E-state index is -0.926. The predicted octanol–water partition coefficient (Wildman–Crippen LogP) is 1.69. The highest BCUT2D eigenvalue weighted by Crippen LogP contribution is 2.39. The van der Waals surface area contributed by atoms with E-state index in [1.54, 1.807) is 0 Å². The summed E-state index contributed by atoms with van der Waals surface area (Å²) in [5, 5.41) is 2.00. The Hall–Kier alpha value is -2.44. The molecular weight excluding hydrogens is 276 g/mol. The standard InChI is InChI=1S/C14H20N2O5/c1-4-19-10-7-9(13(17)16-14(15)18)8-11(20-5-2)12(10)21-6-3/h7-8H,4-6H2,1-3H3,(H3,15,16,17,18). The molecule has 7 heteroatoms. The van der Waals surface area contributed by atoms with Gasteiger partial charge in [0.1, 0.15) is 0 Å². The van der Waals surface area contributed by atoms with E-state index >= 15 is 0 Å². The highest BCUT2D eigenvalue weighted by atomic mass is 16.5. The minimum absolute atomic E-state index is 0.198. The third-order valence-corrected chi connectivity index (χ3v) is 2.41. The Morgan fingerprint density at radius 3 is 1.86 bits per heavy atom. The Bertz CT molecular complexity index is 489. The molecule has 1 aromatic rings. The minimum Gasteiger partial charge on any atom is -0.490 e. The van der Waals surface area contributed by atoms with Gasteiger partial charge in [-0.25, -0.2) is 4.79 Å². The molecule has 0 radical (unpaired) electrons. The van der Waals surface area contributed by atoms with Crippen molar-refractivity contribution < 1.29 is 23.8 Å². The summed E-state index contributed by atoms with van der Waals surface area (Å²) in [5.74, 6) is 0.545. The number of imide groups is 1. The number of urea groups is 1. The number of rotatable bonds is 7. The SMILES string of the molecule is CCOc1cc(C(=O)NC(N)=O)cc(OCC)c1OCC. The summed E-state index contributed by atoms with van der Waals surface area (Å²) in [6, 6.07) is 2.04. The Morgan fingerprint density at radius 1 is 1.00 bits per heavy atom. The van der Waals surface area contributed by atoms with Gasteiger partial charge in [0.15, 0.2) is 11.5 Å². The van der Waals surface area contributed by atoms with Crippen LogP contribution in [0.3, 0.4) is 0 Å². The van der Waals surface area contributed by atoms with Crippen LogP contribution in [0.1, 0.15) is 31.1 Å². The zero-order valence-corrected chi connectivity index (χ0v) is 12.4. The van der Waals surface area contributed by atoms with E-state index in [2.05, 4.69) is 0 Å². The van der Waals surface area contributed by atoms with Gasteiger partial charge < -0.3 is 19.9 Å². The van der Waals surface area contributed by atoms with Gasteiger partial charge in [-0.2, -0.15) is 0 Å². The maximum atomic E-state index is 11.9. The number of hydrogen-bond acceptors (Lipinski definition) is 5. The van der Waals surface area contributed by atoms with E-state index < -0.39 is 11.9 Å². The van der Waals surface area contributed by atoms with Crippen LogP contribution >= 0.6 is 0 Å². The first-order valence-corrected chi connectivity index (χ1v) is 6.70. The van der Waals surface area contributed by atoms with E-state index in [1.165, 1.54) is 12.1 Å². The first kappa shape index (κ1) is 16.6. The molecule has 0 atom stereocenters. The summed E-state index contributed by atoms with van der Waals surface area (Å²) >= 11 is 0. The van der Waals surface area contributed by atoms with Gasteiger partial charge in [0.05, 0.1) is 19.8 Å². The average Bonchev–Trinajstić information content (AvgIpc) is 2.41. The Labute approximate surface area is 123 Å². The molecule has 3 amide bonds. The van der Waals surface area contributed by atoms with Gasteiger partial charge in [-0.05, 0) is 32.9 Å². The second-order valence-electron chi connectivity index (χ2n) is 3.92. The molecule has 0 heterocycles. The molecule has 1 aromatic carbocycles. The largest absolute Gasteiger partial charge is 0.490 e. The third kappa shape index (κ3) is 4.55. The zero-order chi connectivity index (χ0) is 15.8. The summed E-state index contributed by atoms with van der Waals surface area (Å²) in [6.07, 6.45) is 0. The molecule has 0 saturated carbocycles. The summed E-state index contributed by atoms with van der Waals surface area (Å²) in [7, 11) is 0. The van der Waals surface area contributed by atoms with E-state index in [1.807, 2.05) is 26.1 Å². The number of ether oxygens (including phenoxy) is 3. The van der Waals surface area contributed by atoms with E-state index in [4.69, 9.17) is 19.9 Å². The van der Waals surface area contributed by atoms with Crippen molar-refractivity contribution in [2.45, 2.75) is 20.8 Å². The molecule has 3 N–H and O–H groups in total. The zero-order valence-electron chi connectivity index (χ0n) is 12.4. The van der Waals surface area contributed by atoms with Gasteiger partial charge in [0.2, 0.25) is 5.75 Å². The van der Waals surface area contributed by atoms with Gasteiger partial charge in [0.25, 0.3) is 5.91 Å². The van der Waals surface area contributed by atoms with Crippen molar-refractivity contribution in [3.8, 4) is 17.2 Å². The molecule has 0 aliphatic rings. The van der Waals surface area contributed by atoms with Crippen LogP contribution in [-0.2, 0) is 0 Å². The van der Waals surface area contributed by atoms with Crippen LogP contribution < -0.4 is 25.3 Å². The first-order valence-electron chi connectivity index (χ1n) is 6.70. The lowest BCUT2D eigenvalue weighted by molar-refractivity contribution is 0.0965. The summed E-state index contributed by atoms with van der Waals surface area (Å²) in [4.78, 5) is 22.7. The molecule has 0 aliphatic carbocycles. The van der Waals surface area contributed by atoms with E-state index in [9.17, 15) is 9.59 Å². The topological polar surface area (TPSA) is 99.9 Å². The summed E-state index contributed by atoms with van der Waals surface area (Å²) in [6.45, 7) is 6.67. The van der Waals surface area contributed by atoms with Crippen molar-refractivity contribution in [1.82, 2.24) is 5.32 Å². The molecule has 1 rings (SSSR count). The number of carbonyl (C=O) groups excluding carboxylic acids is 2. The molecule has 0 aliphatic heterocycles. The van der Waals surface area contributed by atoms with Crippen molar-refractivity contribution in [1.29, 1.82) is 0 Å². The fraction of sp³-hybridized carbons (Fsp3) is 0.429. The summed E-state index contributed by atoms with van der Waals surface area (Å²) < 4.78 is 16.5. The van der Waals surface area contributed by atoms with Crippen LogP contribution in [0.15, 0.2) is 12.1 Å². The molecule has 0 bridgehead atoms. The fourth-order valence-corrected chi connectivity index (χ4v) is 1.70. The van der Waals surface area contributed by atoms with Gasteiger partial charge >= 0.3 is 6.03 Å². The summed E-state index contributed by atoms with van der Waals surface area (Å²) in [5.41, 5.74) is 5.14. The average molecular weight is 296 g/mol. The molecule has 21 heavy (non-hydrogen) atoms. The number of nitrogens with one attached hydrogen (secondary N) is 1. The lowest BCUT2D eigenvalue weighted by Crippen LogP contribution is -2.35. The molecule has 0 fully saturated rings. The number of benzene rings is 1. The molecule has 7 nitrogen and oxygen atoms in total. The molecule has 116 valence electrons. The van der Waals surface area contributed by atoms with E-state index in [-0.39, 0.29) is 5.56 Å². The Morgan fingerprint density at radius 2 is 1.48 bits per heavy atom. The van der Waals surface area contributed by atoms with Crippen molar-refractivity contribution in [2.24, 2.45) is 5.73 Å². The lowest BCUT2D eigenvalue weighted by Gasteiger charge is -2.16. The van der Waals surface area contributed by atoms with Crippen molar-refractivity contribution >= 4 is 11.9 Å². The number of nitrogens with two attached hydrogens (primary N) is 1. The highest BCUT2D eigenvalue weighted by molar-refractivity contribution is 6.04. The molecule has 0 spiro atoms. The fourth-order valence-electron chi connectivity index (χ4n) is 1.70. The van der Waals surface area contributed by atoms with Gasteiger partial charge in [-0.3, -0.25) is 10.1 Å². The number of amides is 3. The smallest absolute Gasteiger partial charge is 0.319 e. The number of carbonyl (C=O) groups is 2. The van der Waals surface area contributed by atoms with Crippen LogP contribution in [-0.4, -0.2) is 31.8 Å². The van der Waals surface area contributed by atoms with Crippen LogP contribution in [0.25, 0.3) is 0 Å². The Kier molecular flexibility index (Phi) is 6.32. The lowest BCUT2D eigenvalue weighted by atomic mass is 10.1. The second-order valence-corrected chi connectivity index (χ2v) is 3.92. The molecule has 0 saturated heterocycles.